The summed E-state index contributed by atoms with van der Waals surface area (Å²) in [4.78, 5) is 2.21. The number of nitrogens with zero attached hydrogens (tertiary/aromatic N) is 1. The maximum absolute atomic E-state index is 5.41. The molecule has 1 heterocycles. The molecule has 2 rings (SSSR count). The maximum atomic E-state index is 5.41. The largest absolute Gasteiger partial charge is 0.497 e. The molecule has 0 aromatic heterocycles. The Morgan fingerprint density at radius 1 is 1.16 bits per heavy atom. The smallest absolute Gasteiger partial charge is 0.146 e. The van der Waals surface area contributed by atoms with Crippen LogP contribution in [0.1, 0.15) is 11.6 Å². The molecule has 4 nitrogen and oxygen atoms in total. The third-order valence-corrected chi connectivity index (χ3v) is 3.29. The van der Waals surface area contributed by atoms with Crippen molar-refractivity contribution in [2.45, 2.75) is 6.04 Å². The average Bonchev–Trinajstić information content (AvgIpc) is 2.40. The van der Waals surface area contributed by atoms with Gasteiger partial charge in [0.25, 0.3) is 0 Å². The first-order valence-electron chi connectivity index (χ1n) is 6.18. The first kappa shape index (κ1) is 16.2. The summed E-state index contributed by atoms with van der Waals surface area (Å²) in [5.74, 6) is 1.24. The van der Waals surface area contributed by atoms with E-state index in [-0.39, 0.29) is 12.4 Å². The lowest BCUT2D eigenvalue weighted by atomic mass is 9.93. The van der Waals surface area contributed by atoms with Crippen molar-refractivity contribution in [3.8, 4) is 5.75 Å². The van der Waals surface area contributed by atoms with Gasteiger partial charge < -0.3 is 19.1 Å². The van der Waals surface area contributed by atoms with Crippen LogP contribution in [0, 0.1) is 5.92 Å². The molecule has 108 valence electrons. The SMILES string of the molecule is COc1ccc(C(C2COCOC2)N(C)C)cc1.Cl. The molecule has 0 aliphatic carbocycles. The molecule has 5 heteroatoms. The van der Waals surface area contributed by atoms with E-state index >= 15 is 0 Å². The Morgan fingerprint density at radius 3 is 2.21 bits per heavy atom. The summed E-state index contributed by atoms with van der Waals surface area (Å²) in [6.45, 7) is 1.91. The fraction of sp³-hybridized carbons (Fsp3) is 0.571. The van der Waals surface area contributed by atoms with Gasteiger partial charge in [-0.25, -0.2) is 0 Å². The predicted octanol–water partition coefficient (Wildman–Crippen LogP) is 2.34. The zero-order valence-corrected chi connectivity index (χ0v) is 12.5. The Bertz CT molecular complexity index is 363. The molecule has 1 aromatic carbocycles. The quantitative estimate of drug-likeness (QED) is 0.850. The van der Waals surface area contributed by atoms with Gasteiger partial charge in [-0.3, -0.25) is 0 Å². The van der Waals surface area contributed by atoms with E-state index in [1.807, 2.05) is 12.1 Å². The molecule has 1 saturated heterocycles. The van der Waals surface area contributed by atoms with E-state index in [9.17, 15) is 0 Å². The van der Waals surface area contributed by atoms with Crippen LogP contribution >= 0.6 is 12.4 Å². The van der Waals surface area contributed by atoms with Crippen LogP contribution in [0.15, 0.2) is 24.3 Å². The second-order valence-electron chi connectivity index (χ2n) is 4.80. The van der Waals surface area contributed by atoms with Crippen LogP contribution in [0.4, 0.5) is 0 Å². The summed E-state index contributed by atoms with van der Waals surface area (Å²) in [7, 11) is 5.86. The van der Waals surface area contributed by atoms with E-state index in [2.05, 4.69) is 31.1 Å². The van der Waals surface area contributed by atoms with E-state index in [1.165, 1.54) is 5.56 Å². The van der Waals surface area contributed by atoms with Crippen LogP contribution < -0.4 is 4.74 Å². The van der Waals surface area contributed by atoms with Crippen molar-refractivity contribution in [1.29, 1.82) is 0 Å². The van der Waals surface area contributed by atoms with Crippen molar-refractivity contribution in [2.75, 3.05) is 41.2 Å². The van der Waals surface area contributed by atoms with Crippen molar-refractivity contribution in [3.63, 3.8) is 0 Å². The van der Waals surface area contributed by atoms with Crippen LogP contribution in [0.3, 0.4) is 0 Å². The second kappa shape index (κ2) is 7.70. The molecule has 0 N–H and O–H groups in total. The highest BCUT2D eigenvalue weighted by molar-refractivity contribution is 5.85. The summed E-state index contributed by atoms with van der Waals surface area (Å²) < 4.78 is 16.0. The number of hydrogen-bond acceptors (Lipinski definition) is 4. The lowest BCUT2D eigenvalue weighted by molar-refractivity contribution is -0.139. The summed E-state index contributed by atoms with van der Waals surface area (Å²) in [6.07, 6.45) is 0. The molecule has 1 unspecified atom stereocenters. The fourth-order valence-corrected chi connectivity index (χ4v) is 2.48. The molecule has 1 aromatic rings. The highest BCUT2D eigenvalue weighted by Gasteiger charge is 2.27. The number of ether oxygens (including phenoxy) is 3. The molecule has 19 heavy (non-hydrogen) atoms. The molecule has 1 fully saturated rings. The lowest BCUT2D eigenvalue weighted by Crippen LogP contribution is -2.36. The monoisotopic (exact) mass is 287 g/mol. The molecule has 0 radical (unpaired) electrons. The van der Waals surface area contributed by atoms with E-state index in [1.54, 1.807) is 7.11 Å². The van der Waals surface area contributed by atoms with Gasteiger partial charge in [0.2, 0.25) is 0 Å². The van der Waals surface area contributed by atoms with Crippen LogP contribution in [0.5, 0.6) is 5.75 Å². The first-order valence-corrected chi connectivity index (χ1v) is 6.18. The van der Waals surface area contributed by atoms with E-state index in [0.29, 0.717) is 18.8 Å². The third kappa shape index (κ3) is 4.08. The van der Waals surface area contributed by atoms with Crippen molar-refractivity contribution in [1.82, 2.24) is 4.90 Å². The highest BCUT2D eigenvalue weighted by Crippen LogP contribution is 2.30. The Kier molecular flexibility index (Phi) is 6.58. The number of hydrogen-bond donors (Lipinski definition) is 0. The first-order chi connectivity index (χ1) is 8.72. The number of halogens is 1. The van der Waals surface area contributed by atoms with Gasteiger partial charge in [-0.15, -0.1) is 12.4 Å². The van der Waals surface area contributed by atoms with Crippen LogP contribution in [0.25, 0.3) is 0 Å². The standard InChI is InChI=1S/C14H21NO3.ClH/c1-15(2)14(12-8-17-10-18-9-12)11-4-6-13(16-3)7-5-11;/h4-7,12,14H,8-10H2,1-3H3;1H. The summed E-state index contributed by atoms with van der Waals surface area (Å²) in [5.41, 5.74) is 1.26. The van der Waals surface area contributed by atoms with Crippen molar-refractivity contribution < 1.29 is 14.2 Å². The molecule has 0 spiro atoms. The van der Waals surface area contributed by atoms with E-state index < -0.39 is 0 Å². The number of methoxy groups -OCH3 is 1. The minimum atomic E-state index is 0. The normalized spacial score (nSPS) is 17.9. The van der Waals surface area contributed by atoms with Crippen molar-refractivity contribution in [2.24, 2.45) is 5.92 Å². The average molecular weight is 288 g/mol. The molecule has 1 atom stereocenters. The molecular weight excluding hydrogens is 266 g/mol. The van der Waals surface area contributed by atoms with Gasteiger partial charge in [0.1, 0.15) is 12.5 Å². The van der Waals surface area contributed by atoms with Crippen LogP contribution in [-0.2, 0) is 9.47 Å². The third-order valence-electron chi connectivity index (χ3n) is 3.29. The lowest BCUT2D eigenvalue weighted by Gasteiger charge is -2.34. The zero-order chi connectivity index (χ0) is 13.0. The molecular formula is C14H22ClNO3. The van der Waals surface area contributed by atoms with Crippen LogP contribution in [0.2, 0.25) is 0 Å². The molecule has 1 aliphatic heterocycles. The van der Waals surface area contributed by atoms with E-state index in [0.717, 1.165) is 19.0 Å². The van der Waals surface area contributed by atoms with Gasteiger partial charge in [0.15, 0.2) is 0 Å². The maximum Gasteiger partial charge on any atom is 0.146 e. The van der Waals surface area contributed by atoms with Crippen LogP contribution in [-0.4, -0.2) is 46.1 Å². The number of benzene rings is 1. The second-order valence-corrected chi connectivity index (χ2v) is 4.80. The van der Waals surface area contributed by atoms with Gasteiger partial charge in [-0.05, 0) is 31.8 Å². The molecule has 0 amide bonds. The van der Waals surface area contributed by atoms with Gasteiger partial charge >= 0.3 is 0 Å². The van der Waals surface area contributed by atoms with Crippen molar-refractivity contribution in [3.05, 3.63) is 29.8 Å². The predicted molar refractivity (Wildman–Crippen MR) is 76.9 cm³/mol. The van der Waals surface area contributed by atoms with Gasteiger partial charge in [-0.1, -0.05) is 12.1 Å². The van der Waals surface area contributed by atoms with Crippen molar-refractivity contribution >= 4 is 12.4 Å². The van der Waals surface area contributed by atoms with Gasteiger partial charge in [0.05, 0.1) is 20.3 Å². The Hall–Kier alpha value is -0.810. The summed E-state index contributed by atoms with van der Waals surface area (Å²) in [6, 6.07) is 8.51. The summed E-state index contributed by atoms with van der Waals surface area (Å²) >= 11 is 0. The van der Waals surface area contributed by atoms with Gasteiger partial charge in [-0.2, -0.15) is 0 Å². The fourth-order valence-electron chi connectivity index (χ4n) is 2.48. The molecule has 1 aliphatic rings. The Morgan fingerprint density at radius 2 is 1.74 bits per heavy atom. The minimum absolute atomic E-state index is 0. The Labute approximate surface area is 121 Å². The molecule has 0 bridgehead atoms. The van der Waals surface area contributed by atoms with Gasteiger partial charge in [0, 0.05) is 12.0 Å². The Balaban J connectivity index is 0.00000180. The van der Waals surface area contributed by atoms with E-state index in [4.69, 9.17) is 14.2 Å². The topological polar surface area (TPSA) is 30.9 Å². The summed E-state index contributed by atoms with van der Waals surface area (Å²) in [5, 5.41) is 0. The minimum Gasteiger partial charge on any atom is -0.497 e. The zero-order valence-electron chi connectivity index (χ0n) is 11.7. The number of rotatable bonds is 4. The highest BCUT2D eigenvalue weighted by atomic mass is 35.5. The molecule has 0 saturated carbocycles.